The van der Waals surface area contributed by atoms with E-state index in [1.165, 1.54) is 13.8 Å². The molecule has 1 fully saturated rings. The maximum absolute atomic E-state index is 11.3. The molecule has 0 radical (unpaired) electrons. The van der Waals surface area contributed by atoms with E-state index in [-0.39, 0.29) is 0 Å². The topological polar surface area (TPSA) is 125 Å². The number of rotatable bonds is 3. The fourth-order valence-electron chi connectivity index (χ4n) is 1.39. The van der Waals surface area contributed by atoms with Crippen molar-refractivity contribution in [3.8, 4) is 0 Å². The van der Waals surface area contributed by atoms with E-state index in [1.807, 2.05) is 10.7 Å². The molecule has 0 aromatic carbocycles. The summed E-state index contributed by atoms with van der Waals surface area (Å²) in [5, 5.41) is 10.9. The van der Waals surface area contributed by atoms with Gasteiger partial charge in [-0.25, -0.2) is 15.0 Å². The standard InChI is InChI=1S/C7H12N4O4/c1-3-4(12)9-6(15)11(3)7(2,10-8)5(13)14/h3,10H,8H2,1-2H3,(H,13,14)(H,9,12,15). The van der Waals surface area contributed by atoms with E-state index in [0.29, 0.717) is 0 Å². The minimum Gasteiger partial charge on any atom is -0.478 e. The van der Waals surface area contributed by atoms with E-state index in [9.17, 15) is 14.4 Å². The van der Waals surface area contributed by atoms with Crippen molar-refractivity contribution in [1.29, 1.82) is 0 Å². The van der Waals surface area contributed by atoms with E-state index < -0.39 is 29.6 Å². The number of nitrogens with one attached hydrogen (secondary N) is 2. The molecule has 0 saturated carbocycles. The van der Waals surface area contributed by atoms with Crippen LogP contribution >= 0.6 is 0 Å². The van der Waals surface area contributed by atoms with E-state index in [4.69, 9.17) is 10.9 Å². The lowest BCUT2D eigenvalue weighted by Crippen LogP contribution is -2.66. The summed E-state index contributed by atoms with van der Waals surface area (Å²) in [6.45, 7) is 2.61. The molecule has 2 atom stereocenters. The Morgan fingerprint density at radius 1 is 1.67 bits per heavy atom. The van der Waals surface area contributed by atoms with E-state index in [1.54, 1.807) is 0 Å². The van der Waals surface area contributed by atoms with Crippen LogP contribution in [0.3, 0.4) is 0 Å². The number of carboxylic acid groups (broad SMARTS) is 1. The predicted octanol–water partition coefficient (Wildman–Crippen LogP) is -1.81. The summed E-state index contributed by atoms with van der Waals surface area (Å²) in [5.41, 5.74) is 0.205. The van der Waals surface area contributed by atoms with Crippen molar-refractivity contribution in [3.63, 3.8) is 0 Å². The molecule has 1 rings (SSSR count). The molecule has 3 amide bonds. The lowest BCUT2D eigenvalue weighted by Gasteiger charge is -2.35. The summed E-state index contributed by atoms with van der Waals surface area (Å²) in [6.07, 6.45) is 0. The monoisotopic (exact) mass is 216 g/mol. The highest BCUT2D eigenvalue weighted by molar-refractivity contribution is 6.05. The zero-order valence-corrected chi connectivity index (χ0v) is 8.27. The molecule has 0 aromatic heterocycles. The lowest BCUT2D eigenvalue weighted by molar-refractivity contribution is -0.151. The van der Waals surface area contributed by atoms with Crippen LogP contribution in [0.4, 0.5) is 4.79 Å². The molecule has 1 aliphatic rings. The first-order chi connectivity index (χ1) is 6.84. The van der Waals surface area contributed by atoms with Crippen LogP contribution < -0.4 is 16.6 Å². The van der Waals surface area contributed by atoms with E-state index >= 15 is 0 Å². The van der Waals surface area contributed by atoms with Gasteiger partial charge in [0.05, 0.1) is 0 Å². The highest BCUT2D eigenvalue weighted by Gasteiger charge is 2.50. The third-order valence-corrected chi connectivity index (χ3v) is 2.39. The summed E-state index contributed by atoms with van der Waals surface area (Å²) >= 11 is 0. The van der Waals surface area contributed by atoms with Crippen LogP contribution in [-0.2, 0) is 9.59 Å². The molecule has 1 aliphatic heterocycles. The Morgan fingerprint density at radius 2 is 2.20 bits per heavy atom. The number of carbonyl (C=O) groups excluding carboxylic acids is 2. The van der Waals surface area contributed by atoms with Crippen molar-refractivity contribution in [1.82, 2.24) is 15.6 Å². The van der Waals surface area contributed by atoms with Gasteiger partial charge in [-0.1, -0.05) is 0 Å². The third kappa shape index (κ3) is 1.53. The van der Waals surface area contributed by atoms with E-state index in [2.05, 4.69) is 0 Å². The Kier molecular flexibility index (Phi) is 2.65. The first kappa shape index (κ1) is 11.4. The van der Waals surface area contributed by atoms with Crippen molar-refractivity contribution in [2.24, 2.45) is 5.84 Å². The Hall–Kier alpha value is -1.67. The first-order valence-corrected chi connectivity index (χ1v) is 4.20. The zero-order chi connectivity index (χ0) is 11.8. The molecule has 2 unspecified atom stereocenters. The van der Waals surface area contributed by atoms with Gasteiger partial charge in [-0.15, -0.1) is 0 Å². The molecule has 8 heteroatoms. The fraction of sp³-hybridized carbons (Fsp3) is 0.571. The molecule has 1 heterocycles. The second-order valence-corrected chi connectivity index (χ2v) is 3.36. The number of hydrogen-bond acceptors (Lipinski definition) is 5. The van der Waals surface area contributed by atoms with Gasteiger partial charge in [0.1, 0.15) is 6.04 Å². The number of carbonyl (C=O) groups is 3. The number of carboxylic acids is 1. The van der Waals surface area contributed by atoms with Crippen LogP contribution in [0.2, 0.25) is 0 Å². The minimum absolute atomic E-state index is 0.553. The number of nitrogens with zero attached hydrogens (tertiary/aromatic N) is 1. The highest BCUT2D eigenvalue weighted by atomic mass is 16.4. The quantitative estimate of drug-likeness (QED) is 0.250. The summed E-state index contributed by atoms with van der Waals surface area (Å²) in [7, 11) is 0. The fourth-order valence-corrected chi connectivity index (χ4v) is 1.39. The molecular weight excluding hydrogens is 204 g/mol. The number of aliphatic carboxylic acids is 1. The predicted molar refractivity (Wildman–Crippen MR) is 48.2 cm³/mol. The Balaban J connectivity index is 3.10. The van der Waals surface area contributed by atoms with Crippen LogP contribution in [-0.4, -0.2) is 39.6 Å². The van der Waals surface area contributed by atoms with Gasteiger partial charge in [0.25, 0.3) is 5.91 Å². The van der Waals surface area contributed by atoms with E-state index in [0.717, 1.165) is 4.90 Å². The Labute approximate surface area is 85.4 Å². The van der Waals surface area contributed by atoms with Crippen LogP contribution in [0.5, 0.6) is 0 Å². The number of amides is 3. The van der Waals surface area contributed by atoms with Gasteiger partial charge in [-0.2, -0.15) is 0 Å². The number of hydrogen-bond donors (Lipinski definition) is 4. The normalized spacial score (nSPS) is 25.0. The summed E-state index contributed by atoms with van der Waals surface area (Å²) in [6, 6.07) is -1.66. The minimum atomic E-state index is -1.81. The summed E-state index contributed by atoms with van der Waals surface area (Å²) in [4.78, 5) is 34.3. The average Bonchev–Trinajstić information content (AvgIpc) is 2.40. The molecular formula is C7H12N4O4. The third-order valence-electron chi connectivity index (χ3n) is 2.39. The van der Waals surface area contributed by atoms with Gasteiger partial charge in [0.15, 0.2) is 0 Å². The van der Waals surface area contributed by atoms with Crippen molar-refractivity contribution in [2.45, 2.75) is 25.6 Å². The van der Waals surface area contributed by atoms with Crippen LogP contribution in [0.1, 0.15) is 13.8 Å². The summed E-state index contributed by atoms with van der Waals surface area (Å²) in [5.74, 6) is 3.20. The second kappa shape index (κ2) is 3.48. The van der Waals surface area contributed by atoms with Gasteiger partial charge in [-0.05, 0) is 13.8 Å². The van der Waals surface area contributed by atoms with Gasteiger partial charge in [0, 0.05) is 0 Å². The number of imide groups is 1. The molecule has 0 bridgehead atoms. The molecule has 5 N–H and O–H groups in total. The van der Waals surface area contributed by atoms with Crippen molar-refractivity contribution >= 4 is 17.9 Å². The van der Waals surface area contributed by atoms with Crippen molar-refractivity contribution in [3.05, 3.63) is 0 Å². The molecule has 8 nitrogen and oxygen atoms in total. The number of urea groups is 1. The maximum Gasteiger partial charge on any atom is 0.345 e. The molecule has 0 aliphatic carbocycles. The number of nitrogens with two attached hydrogens (primary N) is 1. The Bertz CT molecular complexity index is 331. The van der Waals surface area contributed by atoms with Gasteiger partial charge < -0.3 is 5.11 Å². The van der Waals surface area contributed by atoms with Gasteiger partial charge in [0.2, 0.25) is 5.66 Å². The molecule has 15 heavy (non-hydrogen) atoms. The van der Waals surface area contributed by atoms with Gasteiger partial charge >= 0.3 is 12.0 Å². The largest absolute Gasteiger partial charge is 0.478 e. The summed E-state index contributed by atoms with van der Waals surface area (Å²) < 4.78 is 0. The smallest absolute Gasteiger partial charge is 0.345 e. The highest BCUT2D eigenvalue weighted by Crippen LogP contribution is 2.19. The molecule has 1 saturated heterocycles. The maximum atomic E-state index is 11.3. The first-order valence-electron chi connectivity index (χ1n) is 4.20. The van der Waals surface area contributed by atoms with Crippen LogP contribution in [0, 0.1) is 0 Å². The van der Waals surface area contributed by atoms with Crippen LogP contribution in [0.25, 0.3) is 0 Å². The van der Waals surface area contributed by atoms with Crippen LogP contribution in [0.15, 0.2) is 0 Å². The zero-order valence-electron chi connectivity index (χ0n) is 8.27. The lowest BCUT2D eigenvalue weighted by atomic mass is 10.1. The SMILES string of the molecule is CC1C(=O)NC(=O)N1C(C)(NN)C(=O)O. The van der Waals surface area contributed by atoms with Crippen molar-refractivity contribution in [2.75, 3.05) is 0 Å². The average molecular weight is 216 g/mol. The second-order valence-electron chi connectivity index (χ2n) is 3.36. The molecule has 0 aromatic rings. The molecule has 84 valence electrons. The number of hydrazine groups is 1. The molecule has 0 spiro atoms. The Morgan fingerprint density at radius 3 is 2.47 bits per heavy atom. The van der Waals surface area contributed by atoms with Crippen molar-refractivity contribution < 1.29 is 19.5 Å². The van der Waals surface area contributed by atoms with Gasteiger partial charge in [-0.3, -0.25) is 20.9 Å².